The van der Waals surface area contributed by atoms with E-state index in [1.54, 1.807) is 25.3 Å². The summed E-state index contributed by atoms with van der Waals surface area (Å²) in [5.74, 6) is -0.0393. The summed E-state index contributed by atoms with van der Waals surface area (Å²) in [6, 6.07) is 8.31. The Hall–Kier alpha value is -2.54. The molecule has 2 N–H and O–H groups in total. The number of methoxy groups -OCH3 is 2. The largest absolute Gasteiger partial charge is 0.497 e. The number of carboxylic acids is 1. The van der Waals surface area contributed by atoms with E-state index in [4.69, 9.17) is 14.6 Å². The van der Waals surface area contributed by atoms with Crippen molar-refractivity contribution in [2.24, 2.45) is 0 Å². The van der Waals surface area contributed by atoms with Crippen molar-refractivity contribution in [1.82, 2.24) is 5.32 Å². The van der Waals surface area contributed by atoms with Crippen LogP contribution in [0.2, 0.25) is 0 Å². The second-order valence-corrected chi connectivity index (χ2v) is 6.07. The number of hydrogen-bond acceptors (Lipinski definition) is 5. The molecule has 7 heteroatoms. The van der Waals surface area contributed by atoms with E-state index in [2.05, 4.69) is 5.32 Å². The van der Waals surface area contributed by atoms with Gasteiger partial charge in [-0.25, -0.2) is 0 Å². The molecule has 1 aromatic heterocycles. The van der Waals surface area contributed by atoms with Crippen LogP contribution >= 0.6 is 11.3 Å². The number of rotatable bonds is 8. The summed E-state index contributed by atoms with van der Waals surface area (Å²) in [5, 5.41) is 13.7. The minimum absolute atomic E-state index is 0.0919. The second kappa shape index (κ2) is 8.35. The maximum atomic E-state index is 12.3. The molecule has 2 aromatic rings. The third-order valence-electron chi connectivity index (χ3n) is 3.45. The van der Waals surface area contributed by atoms with E-state index in [1.165, 1.54) is 18.4 Å². The molecule has 2 rings (SSSR count). The fraction of sp³-hybridized carbons (Fsp3) is 0.294. The van der Waals surface area contributed by atoms with E-state index >= 15 is 0 Å². The third-order valence-corrected chi connectivity index (χ3v) is 4.43. The first-order valence-corrected chi connectivity index (χ1v) is 8.17. The number of aliphatic carboxylic acids is 1. The molecule has 1 unspecified atom stereocenters. The minimum Gasteiger partial charge on any atom is -0.497 e. The number of amides is 1. The molecule has 1 aromatic carbocycles. The Bertz CT molecular complexity index is 699. The van der Waals surface area contributed by atoms with Gasteiger partial charge in [-0.3, -0.25) is 9.59 Å². The molecule has 0 aliphatic heterocycles. The van der Waals surface area contributed by atoms with Crippen LogP contribution in [0.15, 0.2) is 35.7 Å². The minimum atomic E-state index is -0.962. The molecule has 128 valence electrons. The van der Waals surface area contributed by atoms with Crippen LogP contribution in [0.4, 0.5) is 0 Å². The van der Waals surface area contributed by atoms with E-state index in [0.717, 1.165) is 4.88 Å². The van der Waals surface area contributed by atoms with Crippen molar-refractivity contribution in [3.8, 4) is 11.5 Å². The highest BCUT2D eigenvalue weighted by Crippen LogP contribution is 2.26. The summed E-state index contributed by atoms with van der Waals surface area (Å²) < 4.78 is 10.4. The topological polar surface area (TPSA) is 84.9 Å². The van der Waals surface area contributed by atoms with Gasteiger partial charge in [0.25, 0.3) is 0 Å². The van der Waals surface area contributed by atoms with Crippen LogP contribution in [-0.2, 0) is 16.0 Å². The highest BCUT2D eigenvalue weighted by atomic mass is 32.1. The van der Waals surface area contributed by atoms with Crippen molar-refractivity contribution in [3.05, 3.63) is 46.2 Å². The Morgan fingerprint density at radius 3 is 2.62 bits per heavy atom. The molecule has 0 bridgehead atoms. The number of benzene rings is 1. The van der Waals surface area contributed by atoms with E-state index in [9.17, 15) is 9.59 Å². The summed E-state index contributed by atoms with van der Waals surface area (Å²) in [4.78, 5) is 24.2. The first-order chi connectivity index (χ1) is 11.5. The fourth-order valence-corrected chi connectivity index (χ4v) is 3.08. The van der Waals surface area contributed by atoms with Gasteiger partial charge >= 0.3 is 5.97 Å². The third kappa shape index (κ3) is 4.73. The lowest BCUT2D eigenvalue weighted by Gasteiger charge is -2.16. The SMILES string of the molecule is COc1ccc(CC(=O)NC(CC(=O)O)c2cccs2)c(OC)c1. The van der Waals surface area contributed by atoms with Crippen LogP contribution in [0.1, 0.15) is 22.9 Å². The van der Waals surface area contributed by atoms with Gasteiger partial charge in [-0.1, -0.05) is 12.1 Å². The van der Waals surface area contributed by atoms with Crippen molar-refractivity contribution in [2.45, 2.75) is 18.9 Å². The first kappa shape index (κ1) is 17.8. The highest BCUT2D eigenvalue weighted by molar-refractivity contribution is 7.10. The fourth-order valence-electron chi connectivity index (χ4n) is 2.30. The zero-order valence-corrected chi connectivity index (χ0v) is 14.3. The molecule has 0 radical (unpaired) electrons. The summed E-state index contributed by atoms with van der Waals surface area (Å²) in [6.45, 7) is 0. The molecule has 1 atom stereocenters. The Morgan fingerprint density at radius 1 is 1.25 bits per heavy atom. The predicted molar refractivity (Wildman–Crippen MR) is 90.7 cm³/mol. The van der Waals surface area contributed by atoms with Gasteiger partial charge in [-0.2, -0.15) is 0 Å². The lowest BCUT2D eigenvalue weighted by Crippen LogP contribution is -2.31. The van der Waals surface area contributed by atoms with Crippen LogP contribution in [0.25, 0.3) is 0 Å². The Balaban J connectivity index is 2.09. The number of nitrogens with one attached hydrogen (secondary N) is 1. The molecule has 6 nitrogen and oxygen atoms in total. The van der Waals surface area contributed by atoms with Gasteiger partial charge < -0.3 is 19.9 Å². The van der Waals surface area contributed by atoms with Crippen LogP contribution < -0.4 is 14.8 Å². The van der Waals surface area contributed by atoms with Gasteiger partial charge in [-0.15, -0.1) is 11.3 Å². The molecule has 0 fully saturated rings. The standard InChI is InChI=1S/C17H19NO5S/c1-22-12-6-5-11(14(9-12)23-2)8-16(19)18-13(10-17(20)21)15-4-3-7-24-15/h3-7,9,13H,8,10H2,1-2H3,(H,18,19)(H,20,21). The lowest BCUT2D eigenvalue weighted by atomic mass is 10.1. The van der Waals surface area contributed by atoms with Gasteiger partial charge in [-0.05, 0) is 17.5 Å². The summed E-state index contributed by atoms with van der Waals surface area (Å²) >= 11 is 1.41. The molecule has 0 saturated carbocycles. The smallest absolute Gasteiger partial charge is 0.305 e. The molecule has 0 aliphatic carbocycles. The monoisotopic (exact) mass is 349 g/mol. The zero-order valence-electron chi connectivity index (χ0n) is 13.4. The number of carbonyl (C=O) groups excluding carboxylic acids is 1. The maximum absolute atomic E-state index is 12.3. The van der Waals surface area contributed by atoms with E-state index in [-0.39, 0.29) is 18.7 Å². The molecular formula is C17H19NO5S. The van der Waals surface area contributed by atoms with Gasteiger partial charge in [0, 0.05) is 16.5 Å². The summed E-state index contributed by atoms with van der Waals surface area (Å²) in [7, 11) is 3.08. The molecule has 0 spiro atoms. The number of carboxylic acid groups (broad SMARTS) is 1. The number of carbonyl (C=O) groups is 2. The van der Waals surface area contributed by atoms with Gasteiger partial charge in [0.05, 0.1) is 33.1 Å². The quantitative estimate of drug-likeness (QED) is 0.765. The Labute approximate surface area is 144 Å². The maximum Gasteiger partial charge on any atom is 0.305 e. The van der Waals surface area contributed by atoms with Gasteiger partial charge in [0.2, 0.25) is 5.91 Å². The normalized spacial score (nSPS) is 11.6. The van der Waals surface area contributed by atoms with Crippen molar-refractivity contribution < 1.29 is 24.2 Å². The highest BCUT2D eigenvalue weighted by Gasteiger charge is 2.20. The Morgan fingerprint density at radius 2 is 2.04 bits per heavy atom. The van der Waals surface area contributed by atoms with Crippen molar-refractivity contribution in [2.75, 3.05) is 14.2 Å². The zero-order chi connectivity index (χ0) is 17.5. The molecule has 1 amide bonds. The molecular weight excluding hydrogens is 330 g/mol. The van der Waals surface area contributed by atoms with Crippen molar-refractivity contribution in [3.63, 3.8) is 0 Å². The van der Waals surface area contributed by atoms with E-state index in [0.29, 0.717) is 17.1 Å². The average Bonchev–Trinajstić information content (AvgIpc) is 3.08. The first-order valence-electron chi connectivity index (χ1n) is 7.29. The summed E-state index contributed by atoms with van der Waals surface area (Å²) in [5.41, 5.74) is 0.705. The van der Waals surface area contributed by atoms with E-state index in [1.807, 2.05) is 17.5 Å². The van der Waals surface area contributed by atoms with Crippen molar-refractivity contribution in [1.29, 1.82) is 0 Å². The predicted octanol–water partition coefficient (Wildman–Crippen LogP) is 2.64. The lowest BCUT2D eigenvalue weighted by molar-refractivity contribution is -0.137. The van der Waals surface area contributed by atoms with Gasteiger partial charge in [0.15, 0.2) is 0 Å². The van der Waals surface area contributed by atoms with Crippen molar-refractivity contribution >= 4 is 23.2 Å². The molecule has 0 saturated heterocycles. The van der Waals surface area contributed by atoms with Crippen LogP contribution in [0.3, 0.4) is 0 Å². The number of hydrogen-bond donors (Lipinski definition) is 2. The van der Waals surface area contributed by atoms with Crippen LogP contribution in [0, 0.1) is 0 Å². The number of ether oxygens (including phenoxy) is 2. The van der Waals surface area contributed by atoms with Gasteiger partial charge in [0.1, 0.15) is 11.5 Å². The van der Waals surface area contributed by atoms with E-state index < -0.39 is 12.0 Å². The molecule has 24 heavy (non-hydrogen) atoms. The molecule has 1 heterocycles. The summed E-state index contributed by atoms with van der Waals surface area (Å²) in [6.07, 6.45) is -0.0688. The van der Waals surface area contributed by atoms with Crippen LogP contribution in [0.5, 0.6) is 11.5 Å². The number of thiophene rings is 1. The molecule has 0 aliphatic rings. The average molecular weight is 349 g/mol. The second-order valence-electron chi connectivity index (χ2n) is 5.09. The Kier molecular flexibility index (Phi) is 6.20. The van der Waals surface area contributed by atoms with Crippen LogP contribution in [-0.4, -0.2) is 31.2 Å².